The Morgan fingerprint density at radius 3 is 2.68 bits per heavy atom. The van der Waals surface area contributed by atoms with E-state index in [0.717, 1.165) is 34.5 Å². The lowest BCUT2D eigenvalue weighted by Gasteiger charge is -2.39. The van der Waals surface area contributed by atoms with E-state index in [1.807, 2.05) is 16.7 Å². The number of carbonyl (C=O) groups excluding carboxylic acids is 1. The lowest BCUT2D eigenvalue weighted by Crippen LogP contribution is -2.45. The van der Waals surface area contributed by atoms with Crippen LogP contribution in [0.3, 0.4) is 0 Å². The predicted octanol–water partition coefficient (Wildman–Crippen LogP) is 6.57. The highest BCUT2D eigenvalue weighted by Crippen LogP contribution is 2.38. The molecule has 3 rings (SSSR count). The zero-order valence-corrected chi connectivity index (χ0v) is 23.0. The first-order valence-electron chi connectivity index (χ1n) is 11.9. The molecule has 6 nitrogen and oxygen atoms in total. The van der Waals surface area contributed by atoms with Gasteiger partial charge >= 0.3 is 5.97 Å². The monoisotopic (exact) mass is 499 g/mol. The number of imidazole rings is 1. The minimum atomic E-state index is -1.95. The summed E-state index contributed by atoms with van der Waals surface area (Å²) in [7, 11) is -1.95. The SMILES string of the molecule is CCOC(=O)c1cn(C[C@H](CCCSc2ccc3ccccc3n2)O[Si](C)(C)C(C)(C)C)cn1. The van der Waals surface area contributed by atoms with Crippen molar-refractivity contribution in [3.05, 3.63) is 54.6 Å². The minimum Gasteiger partial charge on any atom is -0.461 e. The predicted molar refractivity (Wildman–Crippen MR) is 142 cm³/mol. The molecule has 1 aromatic carbocycles. The van der Waals surface area contributed by atoms with E-state index in [9.17, 15) is 4.79 Å². The lowest BCUT2D eigenvalue weighted by atomic mass is 10.2. The molecule has 0 spiro atoms. The number of hydrogen-bond donors (Lipinski definition) is 0. The highest BCUT2D eigenvalue weighted by molar-refractivity contribution is 7.99. The fourth-order valence-electron chi connectivity index (χ4n) is 3.40. The first-order chi connectivity index (χ1) is 16.1. The van der Waals surface area contributed by atoms with Gasteiger partial charge in [0.2, 0.25) is 0 Å². The molecule has 0 amide bonds. The van der Waals surface area contributed by atoms with Crippen molar-refractivity contribution in [3.63, 3.8) is 0 Å². The van der Waals surface area contributed by atoms with Crippen molar-refractivity contribution in [2.24, 2.45) is 0 Å². The van der Waals surface area contributed by atoms with Crippen molar-refractivity contribution in [2.45, 2.75) is 76.3 Å². The van der Waals surface area contributed by atoms with Crippen LogP contribution in [-0.2, 0) is 15.7 Å². The van der Waals surface area contributed by atoms with Crippen LogP contribution in [0.2, 0.25) is 18.1 Å². The minimum absolute atomic E-state index is 0.0512. The first kappa shape index (κ1) is 26.4. The lowest BCUT2D eigenvalue weighted by molar-refractivity contribution is 0.0519. The average molecular weight is 500 g/mol. The summed E-state index contributed by atoms with van der Waals surface area (Å²) in [5, 5.41) is 2.34. The standard InChI is InChI=1S/C26H37N3O3SSi/c1-7-31-25(30)23-18-29(19-27-23)17-21(32-34(5,6)26(2,3)4)12-10-16-33-24-15-14-20-11-8-9-13-22(20)28-24/h8-9,11,13-15,18-19,21H,7,10,12,16-17H2,1-6H3/t21-/m0/s1. The van der Waals surface area contributed by atoms with E-state index in [1.54, 1.807) is 31.2 Å². The molecule has 34 heavy (non-hydrogen) atoms. The van der Waals surface area contributed by atoms with Gasteiger partial charge in [-0.25, -0.2) is 14.8 Å². The van der Waals surface area contributed by atoms with E-state index in [2.05, 4.69) is 63.1 Å². The third-order valence-corrected chi connectivity index (χ3v) is 11.8. The largest absolute Gasteiger partial charge is 0.461 e. The normalized spacial score (nSPS) is 13.2. The van der Waals surface area contributed by atoms with Crippen LogP contribution in [0.5, 0.6) is 0 Å². The third-order valence-electron chi connectivity index (χ3n) is 6.29. The Bertz CT molecular complexity index is 1090. The summed E-state index contributed by atoms with van der Waals surface area (Å²) in [6, 6.07) is 12.4. The molecule has 0 N–H and O–H groups in total. The van der Waals surface area contributed by atoms with Gasteiger partial charge < -0.3 is 13.7 Å². The van der Waals surface area contributed by atoms with Crippen LogP contribution in [0.4, 0.5) is 0 Å². The molecule has 0 fully saturated rings. The smallest absolute Gasteiger partial charge is 0.358 e. The number of esters is 1. The van der Waals surface area contributed by atoms with E-state index in [4.69, 9.17) is 14.1 Å². The van der Waals surface area contributed by atoms with Gasteiger partial charge in [-0.05, 0) is 55.8 Å². The highest BCUT2D eigenvalue weighted by Gasteiger charge is 2.39. The molecule has 2 heterocycles. The van der Waals surface area contributed by atoms with Gasteiger partial charge in [-0.15, -0.1) is 11.8 Å². The van der Waals surface area contributed by atoms with Crippen LogP contribution >= 0.6 is 11.8 Å². The van der Waals surface area contributed by atoms with Gasteiger partial charge in [0.25, 0.3) is 0 Å². The molecule has 0 bridgehead atoms. The zero-order chi connectivity index (χ0) is 24.8. The summed E-state index contributed by atoms with van der Waals surface area (Å²) in [6.45, 7) is 14.1. The summed E-state index contributed by atoms with van der Waals surface area (Å²) >= 11 is 1.78. The number of rotatable bonds is 11. The fourth-order valence-corrected chi connectivity index (χ4v) is 5.63. The number of para-hydroxylation sites is 1. The molecule has 0 aliphatic heterocycles. The number of nitrogens with zero attached hydrogens (tertiary/aromatic N) is 3. The second kappa shape index (κ2) is 11.5. The maximum atomic E-state index is 12.0. The first-order valence-corrected chi connectivity index (χ1v) is 15.8. The molecular formula is C26H37N3O3SSi. The summed E-state index contributed by atoms with van der Waals surface area (Å²) < 4.78 is 13.8. The number of hydrogen-bond acceptors (Lipinski definition) is 6. The number of aromatic nitrogens is 3. The van der Waals surface area contributed by atoms with Crippen molar-refractivity contribution in [3.8, 4) is 0 Å². The number of pyridine rings is 1. The molecule has 0 radical (unpaired) electrons. The topological polar surface area (TPSA) is 66.2 Å². The second-order valence-corrected chi connectivity index (χ2v) is 15.9. The molecule has 0 unspecified atom stereocenters. The molecule has 8 heteroatoms. The van der Waals surface area contributed by atoms with Crippen molar-refractivity contribution < 1.29 is 14.0 Å². The van der Waals surface area contributed by atoms with Crippen molar-refractivity contribution in [2.75, 3.05) is 12.4 Å². The van der Waals surface area contributed by atoms with Gasteiger partial charge in [-0.2, -0.15) is 0 Å². The van der Waals surface area contributed by atoms with E-state index < -0.39 is 8.32 Å². The third kappa shape index (κ3) is 7.17. The molecule has 0 aliphatic rings. The van der Waals surface area contributed by atoms with E-state index in [0.29, 0.717) is 18.8 Å². The molecule has 3 aromatic rings. The Morgan fingerprint density at radius 1 is 1.18 bits per heavy atom. The van der Waals surface area contributed by atoms with Gasteiger partial charge in [0.1, 0.15) is 0 Å². The van der Waals surface area contributed by atoms with Gasteiger partial charge in [0.05, 0.1) is 29.6 Å². The molecular weight excluding hydrogens is 462 g/mol. The van der Waals surface area contributed by atoms with Crippen LogP contribution in [0.15, 0.2) is 53.9 Å². The summed E-state index contributed by atoms with van der Waals surface area (Å²) in [5.41, 5.74) is 1.37. The summed E-state index contributed by atoms with van der Waals surface area (Å²) in [6.07, 6.45) is 5.45. The zero-order valence-electron chi connectivity index (χ0n) is 21.2. The quantitative estimate of drug-likeness (QED) is 0.129. The Labute approximate surface area is 208 Å². The van der Waals surface area contributed by atoms with Gasteiger partial charge in [0.15, 0.2) is 14.0 Å². The van der Waals surface area contributed by atoms with Crippen LogP contribution in [-0.4, -0.2) is 47.3 Å². The Morgan fingerprint density at radius 2 is 1.94 bits per heavy atom. The maximum absolute atomic E-state index is 12.0. The summed E-state index contributed by atoms with van der Waals surface area (Å²) in [5.74, 6) is 0.586. The fraction of sp³-hybridized carbons (Fsp3) is 0.500. The molecule has 0 saturated carbocycles. The average Bonchev–Trinajstić information content (AvgIpc) is 3.24. The molecule has 2 aromatic heterocycles. The maximum Gasteiger partial charge on any atom is 0.358 e. The Hall–Kier alpha value is -2.16. The molecule has 1 atom stereocenters. The van der Waals surface area contributed by atoms with Crippen LogP contribution in [0.1, 0.15) is 51.0 Å². The molecule has 0 saturated heterocycles. The van der Waals surface area contributed by atoms with E-state index in [-0.39, 0.29) is 17.1 Å². The highest BCUT2D eigenvalue weighted by atomic mass is 32.2. The van der Waals surface area contributed by atoms with Crippen molar-refractivity contribution in [1.82, 2.24) is 14.5 Å². The van der Waals surface area contributed by atoms with Crippen LogP contribution in [0.25, 0.3) is 10.9 Å². The van der Waals surface area contributed by atoms with E-state index >= 15 is 0 Å². The van der Waals surface area contributed by atoms with Gasteiger partial charge in [-0.1, -0.05) is 45.0 Å². The van der Waals surface area contributed by atoms with Gasteiger partial charge in [-0.3, -0.25) is 0 Å². The van der Waals surface area contributed by atoms with Crippen LogP contribution < -0.4 is 0 Å². The number of thioether (sulfide) groups is 1. The van der Waals surface area contributed by atoms with E-state index in [1.165, 1.54) is 0 Å². The summed E-state index contributed by atoms with van der Waals surface area (Å²) in [4.78, 5) is 21.0. The number of ether oxygens (including phenoxy) is 1. The van der Waals surface area contributed by atoms with Crippen molar-refractivity contribution in [1.29, 1.82) is 0 Å². The number of carbonyl (C=O) groups is 1. The Balaban J connectivity index is 1.62. The number of fused-ring (bicyclic) bond motifs is 1. The van der Waals surface area contributed by atoms with Crippen molar-refractivity contribution >= 4 is 37.0 Å². The Kier molecular flexibility index (Phi) is 8.95. The second-order valence-electron chi connectivity index (χ2n) is 10.0. The number of benzene rings is 1. The molecule has 184 valence electrons. The molecule has 0 aliphatic carbocycles. The van der Waals surface area contributed by atoms with Crippen LogP contribution in [0, 0.1) is 0 Å². The van der Waals surface area contributed by atoms with Gasteiger partial charge in [0, 0.05) is 18.1 Å².